The summed E-state index contributed by atoms with van der Waals surface area (Å²) < 4.78 is 0. The van der Waals surface area contributed by atoms with Gasteiger partial charge in [-0.3, -0.25) is 14.6 Å². The van der Waals surface area contributed by atoms with E-state index >= 15 is 0 Å². The molecule has 0 radical (unpaired) electrons. The van der Waals surface area contributed by atoms with E-state index in [1.54, 1.807) is 0 Å². The zero-order valence-electron chi connectivity index (χ0n) is 10.0. The van der Waals surface area contributed by atoms with Crippen molar-refractivity contribution in [3.05, 3.63) is 28.0 Å². The average Bonchev–Trinajstić information content (AvgIpc) is 2.36. The second-order valence-electron chi connectivity index (χ2n) is 4.52. The Morgan fingerprint density at radius 2 is 2.11 bits per heavy atom. The van der Waals surface area contributed by atoms with Crippen molar-refractivity contribution in [3.8, 4) is 5.88 Å². The van der Waals surface area contributed by atoms with Crippen molar-refractivity contribution in [1.82, 2.24) is 15.6 Å². The second kappa shape index (κ2) is 5.68. The maximum atomic E-state index is 11.8. The van der Waals surface area contributed by atoms with Gasteiger partial charge in [0.25, 0.3) is 11.5 Å². The molecule has 1 saturated heterocycles. The normalized spacial score (nSPS) is 16.4. The summed E-state index contributed by atoms with van der Waals surface area (Å²) in [4.78, 5) is 25.1. The molecule has 2 rings (SSSR count). The number of pyridine rings is 1. The molecule has 2 heterocycles. The number of rotatable bonds is 3. The maximum Gasteiger partial charge on any atom is 0.251 e. The molecule has 0 spiro atoms. The average molecular weight is 251 g/mol. The van der Waals surface area contributed by atoms with Crippen LogP contribution in [-0.4, -0.2) is 35.6 Å². The monoisotopic (exact) mass is 251 g/mol. The number of aromatic amines is 1. The van der Waals surface area contributed by atoms with E-state index < -0.39 is 5.56 Å². The highest BCUT2D eigenvalue weighted by atomic mass is 16.3. The molecule has 18 heavy (non-hydrogen) atoms. The van der Waals surface area contributed by atoms with Crippen LogP contribution in [0.4, 0.5) is 0 Å². The molecule has 0 atom stereocenters. The number of H-pyrrole nitrogens is 1. The molecule has 4 N–H and O–H groups in total. The number of aromatic hydroxyl groups is 1. The van der Waals surface area contributed by atoms with Crippen molar-refractivity contribution in [2.45, 2.75) is 12.8 Å². The Morgan fingerprint density at radius 3 is 2.78 bits per heavy atom. The van der Waals surface area contributed by atoms with E-state index in [0.717, 1.165) is 25.9 Å². The lowest BCUT2D eigenvalue weighted by molar-refractivity contribution is 0.0943. The zero-order valence-corrected chi connectivity index (χ0v) is 10.0. The predicted molar refractivity (Wildman–Crippen MR) is 66.7 cm³/mol. The molecular weight excluding hydrogens is 234 g/mol. The van der Waals surface area contributed by atoms with E-state index in [1.807, 2.05) is 0 Å². The van der Waals surface area contributed by atoms with Crippen molar-refractivity contribution in [1.29, 1.82) is 0 Å². The van der Waals surface area contributed by atoms with E-state index in [4.69, 9.17) is 0 Å². The molecular formula is C12H17N3O3. The van der Waals surface area contributed by atoms with Gasteiger partial charge in [-0.15, -0.1) is 0 Å². The van der Waals surface area contributed by atoms with Crippen LogP contribution in [0.2, 0.25) is 0 Å². The van der Waals surface area contributed by atoms with E-state index in [0.29, 0.717) is 12.5 Å². The molecule has 1 aromatic rings. The molecule has 1 aromatic heterocycles. The summed E-state index contributed by atoms with van der Waals surface area (Å²) in [5.41, 5.74) is -0.299. The lowest BCUT2D eigenvalue weighted by atomic mass is 9.98. The summed E-state index contributed by atoms with van der Waals surface area (Å²) in [5.74, 6) is -0.143. The summed E-state index contributed by atoms with van der Waals surface area (Å²) in [6, 6.07) is 2.43. The standard InChI is InChI=1S/C12H17N3O3/c16-10-5-9(6-11(17)15-10)12(18)14-7-8-1-3-13-4-2-8/h5-6,8,13H,1-4,7H2,(H,14,18)(H2,15,16,17). The molecule has 0 unspecified atom stereocenters. The van der Waals surface area contributed by atoms with Gasteiger partial charge >= 0.3 is 0 Å². The third kappa shape index (κ3) is 3.33. The number of carbonyl (C=O) groups excluding carboxylic acids is 1. The highest BCUT2D eigenvalue weighted by molar-refractivity contribution is 5.94. The van der Waals surface area contributed by atoms with Gasteiger partial charge in [-0.25, -0.2) is 0 Å². The first kappa shape index (κ1) is 12.6. The summed E-state index contributed by atoms with van der Waals surface area (Å²) >= 11 is 0. The van der Waals surface area contributed by atoms with Gasteiger partial charge in [-0.1, -0.05) is 0 Å². The van der Waals surface area contributed by atoms with Crippen LogP contribution in [0, 0.1) is 5.92 Å². The molecule has 1 fully saturated rings. The van der Waals surface area contributed by atoms with Gasteiger partial charge < -0.3 is 15.7 Å². The number of amides is 1. The quantitative estimate of drug-likeness (QED) is 0.599. The van der Waals surface area contributed by atoms with Crippen molar-refractivity contribution in [2.24, 2.45) is 5.92 Å². The maximum absolute atomic E-state index is 11.8. The van der Waals surface area contributed by atoms with E-state index in [9.17, 15) is 14.7 Å². The Labute approximate surface area is 104 Å². The molecule has 0 aliphatic carbocycles. The van der Waals surface area contributed by atoms with Gasteiger partial charge in [-0.05, 0) is 31.8 Å². The Kier molecular flexibility index (Phi) is 3.99. The zero-order chi connectivity index (χ0) is 13.0. The summed E-state index contributed by atoms with van der Waals surface area (Å²) in [6.45, 7) is 2.56. The summed E-state index contributed by atoms with van der Waals surface area (Å²) in [7, 11) is 0. The van der Waals surface area contributed by atoms with Crippen LogP contribution in [0.3, 0.4) is 0 Å². The molecule has 0 bridgehead atoms. The fraction of sp³-hybridized carbons (Fsp3) is 0.500. The number of hydrogen-bond donors (Lipinski definition) is 4. The van der Waals surface area contributed by atoms with Crippen LogP contribution in [0.15, 0.2) is 16.9 Å². The molecule has 1 aliphatic rings. The number of piperidine rings is 1. The Bertz CT molecular complexity index is 478. The summed E-state index contributed by atoms with van der Waals surface area (Å²) in [5, 5.41) is 15.3. The number of aromatic nitrogens is 1. The van der Waals surface area contributed by atoms with Gasteiger partial charge in [0.15, 0.2) is 5.88 Å². The molecule has 1 amide bonds. The minimum Gasteiger partial charge on any atom is -0.494 e. The van der Waals surface area contributed by atoms with Crippen molar-refractivity contribution >= 4 is 5.91 Å². The second-order valence-corrected chi connectivity index (χ2v) is 4.52. The molecule has 98 valence electrons. The first-order valence-corrected chi connectivity index (χ1v) is 6.07. The fourth-order valence-corrected chi connectivity index (χ4v) is 2.08. The fourth-order valence-electron chi connectivity index (χ4n) is 2.08. The first-order valence-electron chi connectivity index (χ1n) is 6.07. The molecule has 6 heteroatoms. The topological polar surface area (TPSA) is 94.2 Å². The molecule has 1 aliphatic heterocycles. The van der Waals surface area contributed by atoms with Crippen LogP contribution in [0.1, 0.15) is 23.2 Å². The smallest absolute Gasteiger partial charge is 0.251 e. The highest BCUT2D eigenvalue weighted by Gasteiger charge is 2.15. The van der Waals surface area contributed by atoms with Crippen LogP contribution in [0.25, 0.3) is 0 Å². The van der Waals surface area contributed by atoms with Crippen molar-refractivity contribution in [2.75, 3.05) is 19.6 Å². The summed E-state index contributed by atoms with van der Waals surface area (Å²) in [6.07, 6.45) is 2.09. The molecule has 6 nitrogen and oxygen atoms in total. The number of carbonyl (C=O) groups is 1. The van der Waals surface area contributed by atoms with Crippen LogP contribution >= 0.6 is 0 Å². The molecule has 0 aromatic carbocycles. The van der Waals surface area contributed by atoms with Crippen molar-refractivity contribution in [3.63, 3.8) is 0 Å². The van der Waals surface area contributed by atoms with Gasteiger partial charge in [0.05, 0.1) is 5.56 Å². The minimum absolute atomic E-state index is 0.185. The van der Waals surface area contributed by atoms with Gasteiger partial charge in [0.1, 0.15) is 0 Å². The van der Waals surface area contributed by atoms with Gasteiger partial charge in [0, 0.05) is 18.7 Å². The van der Waals surface area contributed by atoms with Crippen LogP contribution in [-0.2, 0) is 0 Å². The van der Waals surface area contributed by atoms with E-state index in [2.05, 4.69) is 15.6 Å². The Morgan fingerprint density at radius 1 is 1.39 bits per heavy atom. The number of hydrogen-bond acceptors (Lipinski definition) is 4. The lowest BCUT2D eigenvalue weighted by Crippen LogP contribution is -2.36. The highest BCUT2D eigenvalue weighted by Crippen LogP contribution is 2.10. The minimum atomic E-state index is -0.484. The predicted octanol–water partition coefficient (Wildman–Crippen LogP) is -0.190. The third-order valence-electron chi connectivity index (χ3n) is 3.10. The Balaban J connectivity index is 1.92. The largest absolute Gasteiger partial charge is 0.494 e. The Hall–Kier alpha value is -1.82. The van der Waals surface area contributed by atoms with Gasteiger partial charge in [-0.2, -0.15) is 0 Å². The number of nitrogens with one attached hydrogen (secondary N) is 3. The third-order valence-corrected chi connectivity index (χ3v) is 3.10. The van der Waals surface area contributed by atoms with Crippen molar-refractivity contribution < 1.29 is 9.90 Å². The van der Waals surface area contributed by atoms with E-state index in [1.165, 1.54) is 12.1 Å². The first-order chi connectivity index (χ1) is 8.65. The van der Waals surface area contributed by atoms with Crippen LogP contribution in [0.5, 0.6) is 5.88 Å². The lowest BCUT2D eigenvalue weighted by Gasteiger charge is -2.22. The van der Waals surface area contributed by atoms with Crippen LogP contribution < -0.4 is 16.2 Å². The van der Waals surface area contributed by atoms with E-state index in [-0.39, 0.29) is 17.4 Å². The molecule has 0 saturated carbocycles. The van der Waals surface area contributed by atoms with Gasteiger partial charge in [0.2, 0.25) is 0 Å². The SMILES string of the molecule is O=C(NCC1CCNCC1)c1cc(O)[nH]c(=O)c1.